The van der Waals surface area contributed by atoms with E-state index >= 15 is 0 Å². The Labute approximate surface area is 299 Å². The highest BCUT2D eigenvalue weighted by molar-refractivity contribution is 6.07. The van der Waals surface area contributed by atoms with Crippen LogP contribution in [0.25, 0.3) is 32.7 Å². The maximum atomic E-state index is 13.4. The Hall–Kier alpha value is -6.63. The van der Waals surface area contributed by atoms with Gasteiger partial charge in [0.2, 0.25) is 10.9 Å². The fourth-order valence-electron chi connectivity index (χ4n) is 6.05. The van der Waals surface area contributed by atoms with Gasteiger partial charge >= 0.3 is 6.18 Å². The van der Waals surface area contributed by atoms with Crippen molar-refractivity contribution in [1.29, 1.82) is 0 Å². The SMILES string of the molecule is CC(C)(C)c1ccc(O)cc1NC(=O)c1c[nH]c2ccccc2c1=O.Cc1cccc2[nH]cc(C(=O)Nc3cc4[nH]ccc4cc3C(F)(F)F)c(=O)c12. The Kier molecular flexibility index (Phi) is 9.44. The maximum Gasteiger partial charge on any atom is 0.418 e. The molecule has 0 aliphatic rings. The number of para-hydroxylation sites is 1. The average molecular weight is 722 g/mol. The number of pyridine rings is 2. The molecule has 0 atom stereocenters. The number of anilines is 2. The number of carbonyl (C=O) groups is 2. The Balaban J connectivity index is 0.000000183. The van der Waals surface area contributed by atoms with Crippen LogP contribution in [0.3, 0.4) is 0 Å². The first-order chi connectivity index (χ1) is 25.0. The molecule has 4 aromatic carbocycles. The lowest BCUT2D eigenvalue weighted by Gasteiger charge is -2.23. The van der Waals surface area contributed by atoms with Gasteiger partial charge < -0.3 is 30.7 Å². The van der Waals surface area contributed by atoms with Crippen LogP contribution in [-0.4, -0.2) is 31.9 Å². The molecule has 53 heavy (non-hydrogen) atoms. The van der Waals surface area contributed by atoms with E-state index in [4.69, 9.17) is 0 Å². The Morgan fingerprint density at radius 1 is 0.679 bits per heavy atom. The zero-order chi connectivity index (χ0) is 38.2. The summed E-state index contributed by atoms with van der Waals surface area (Å²) in [7, 11) is 0. The number of alkyl halides is 3. The summed E-state index contributed by atoms with van der Waals surface area (Å²) < 4.78 is 40.3. The molecule has 0 aliphatic heterocycles. The fraction of sp³-hybridized carbons (Fsp3) is 0.150. The van der Waals surface area contributed by atoms with Crippen molar-refractivity contribution in [2.45, 2.75) is 39.3 Å². The summed E-state index contributed by atoms with van der Waals surface area (Å²) in [5, 5.41) is 15.9. The molecular weight excluding hydrogens is 687 g/mol. The largest absolute Gasteiger partial charge is 0.508 e. The van der Waals surface area contributed by atoms with Gasteiger partial charge in [0, 0.05) is 63.1 Å². The van der Waals surface area contributed by atoms with Crippen molar-refractivity contribution in [3.63, 3.8) is 0 Å². The first kappa shape index (κ1) is 36.2. The van der Waals surface area contributed by atoms with E-state index in [2.05, 4.69) is 25.6 Å². The summed E-state index contributed by atoms with van der Waals surface area (Å²) in [5.74, 6) is -1.37. The number of H-pyrrole nitrogens is 3. The summed E-state index contributed by atoms with van der Waals surface area (Å²) in [6.07, 6.45) is -0.535. The van der Waals surface area contributed by atoms with Crippen LogP contribution in [0.15, 0.2) is 107 Å². The fourth-order valence-corrected chi connectivity index (χ4v) is 6.05. The smallest absolute Gasteiger partial charge is 0.418 e. The molecule has 3 aromatic heterocycles. The minimum atomic E-state index is -4.67. The van der Waals surface area contributed by atoms with Crippen molar-refractivity contribution >= 4 is 55.9 Å². The molecule has 0 fully saturated rings. The van der Waals surface area contributed by atoms with Crippen molar-refractivity contribution in [1.82, 2.24) is 15.0 Å². The standard InChI is InChI=1S/C20H14F3N3O2.C20H20N2O3/c1-10-3-2-4-14-17(10)18(27)12(9-25-14)19(28)26-16-8-15-11(5-6-24-15)7-13(16)20(21,22)23;1-20(2,3)15-9-8-12(23)10-17(15)22-19(25)14-11-21-16-7-5-4-6-13(16)18(14)24/h2-9,24H,1H3,(H,25,27)(H,26,28);4-11,23H,1-3H3,(H,21,24)(H,22,25). The summed E-state index contributed by atoms with van der Waals surface area (Å²) in [4.78, 5) is 59.2. The van der Waals surface area contributed by atoms with Crippen molar-refractivity contribution in [2.75, 3.05) is 10.6 Å². The van der Waals surface area contributed by atoms with Gasteiger partial charge in [-0.2, -0.15) is 13.2 Å². The number of phenolic OH excluding ortho intramolecular Hbond substituents is 1. The van der Waals surface area contributed by atoms with Gasteiger partial charge in [-0.05, 0) is 65.9 Å². The third-order valence-corrected chi connectivity index (χ3v) is 8.70. The second-order valence-corrected chi connectivity index (χ2v) is 13.5. The van der Waals surface area contributed by atoms with E-state index in [1.807, 2.05) is 26.8 Å². The number of aromatic nitrogens is 3. The molecule has 0 spiro atoms. The van der Waals surface area contributed by atoms with E-state index in [9.17, 15) is 37.5 Å². The molecule has 6 N–H and O–H groups in total. The minimum Gasteiger partial charge on any atom is -0.508 e. The molecule has 0 aliphatic carbocycles. The lowest BCUT2D eigenvalue weighted by Crippen LogP contribution is -2.24. The number of amides is 2. The van der Waals surface area contributed by atoms with Crippen LogP contribution in [0.2, 0.25) is 0 Å². The number of aryl methyl sites for hydroxylation is 1. The quantitative estimate of drug-likeness (QED) is 0.108. The van der Waals surface area contributed by atoms with Gasteiger partial charge in [0.15, 0.2) is 0 Å². The van der Waals surface area contributed by atoms with E-state index in [0.29, 0.717) is 44.0 Å². The second kappa shape index (κ2) is 13.8. The van der Waals surface area contributed by atoms with Crippen molar-refractivity contribution in [2.24, 2.45) is 0 Å². The van der Waals surface area contributed by atoms with Gasteiger partial charge in [0.25, 0.3) is 11.8 Å². The number of nitrogens with one attached hydrogen (secondary N) is 5. The highest BCUT2D eigenvalue weighted by Crippen LogP contribution is 2.37. The Morgan fingerprint density at radius 3 is 1.98 bits per heavy atom. The van der Waals surface area contributed by atoms with Crippen LogP contribution >= 0.6 is 0 Å². The number of carbonyl (C=O) groups excluding carboxylic acids is 2. The zero-order valence-electron chi connectivity index (χ0n) is 29.0. The molecule has 270 valence electrons. The molecule has 0 bridgehead atoms. The van der Waals surface area contributed by atoms with Gasteiger partial charge in [0.1, 0.15) is 16.9 Å². The highest BCUT2D eigenvalue weighted by Gasteiger charge is 2.35. The Bertz CT molecular complexity index is 2670. The third-order valence-electron chi connectivity index (χ3n) is 8.70. The van der Waals surface area contributed by atoms with Crippen LogP contribution in [0.4, 0.5) is 24.5 Å². The van der Waals surface area contributed by atoms with Crippen molar-refractivity contribution in [3.05, 3.63) is 146 Å². The topological polar surface area (TPSA) is 160 Å². The molecule has 0 saturated heterocycles. The number of hydrogen-bond donors (Lipinski definition) is 6. The second-order valence-electron chi connectivity index (χ2n) is 13.5. The normalized spacial score (nSPS) is 11.7. The van der Waals surface area contributed by atoms with Crippen molar-refractivity contribution < 1.29 is 27.9 Å². The van der Waals surface area contributed by atoms with Crippen LogP contribution in [0, 0.1) is 6.92 Å². The molecule has 7 rings (SSSR count). The van der Waals surface area contributed by atoms with Gasteiger partial charge in [0.05, 0.1) is 11.3 Å². The number of halogens is 3. The minimum absolute atomic E-state index is 0.0295. The first-order valence-electron chi connectivity index (χ1n) is 16.4. The molecular formula is C40H34F3N5O5. The number of phenols is 1. The highest BCUT2D eigenvalue weighted by atomic mass is 19.4. The van der Waals surface area contributed by atoms with Crippen molar-refractivity contribution in [3.8, 4) is 5.75 Å². The van der Waals surface area contributed by atoms with E-state index in [-0.39, 0.29) is 27.7 Å². The average Bonchev–Trinajstić information content (AvgIpc) is 3.55. The van der Waals surface area contributed by atoms with Crippen LogP contribution < -0.4 is 21.5 Å². The van der Waals surface area contributed by atoms with Gasteiger partial charge in [-0.3, -0.25) is 19.2 Å². The van der Waals surface area contributed by atoms with Gasteiger partial charge in [-0.25, -0.2) is 0 Å². The number of hydrogen-bond acceptors (Lipinski definition) is 5. The van der Waals surface area contributed by atoms with E-state index in [0.717, 1.165) is 11.6 Å². The summed E-state index contributed by atoms with van der Waals surface area (Å²) in [6.45, 7) is 7.76. The number of rotatable bonds is 4. The molecule has 7 aromatic rings. The van der Waals surface area contributed by atoms with Gasteiger partial charge in [-0.1, -0.05) is 51.1 Å². The number of fused-ring (bicyclic) bond motifs is 3. The van der Waals surface area contributed by atoms with Crippen LogP contribution in [0.1, 0.15) is 58.2 Å². The maximum absolute atomic E-state index is 13.4. The molecule has 0 unspecified atom stereocenters. The predicted octanol–water partition coefficient (Wildman–Crippen LogP) is 8.37. The van der Waals surface area contributed by atoms with Gasteiger partial charge in [-0.15, -0.1) is 0 Å². The van der Waals surface area contributed by atoms with Crippen LogP contribution in [0.5, 0.6) is 5.75 Å². The predicted molar refractivity (Wildman–Crippen MR) is 200 cm³/mol. The lowest BCUT2D eigenvalue weighted by atomic mass is 9.85. The number of aromatic hydroxyl groups is 1. The Morgan fingerprint density at radius 2 is 1.30 bits per heavy atom. The lowest BCUT2D eigenvalue weighted by molar-refractivity contribution is -0.136. The monoisotopic (exact) mass is 721 g/mol. The van der Waals surface area contributed by atoms with E-state index in [1.165, 1.54) is 36.8 Å². The molecule has 13 heteroatoms. The summed E-state index contributed by atoms with van der Waals surface area (Å²) >= 11 is 0. The molecule has 0 saturated carbocycles. The van der Waals surface area contributed by atoms with Crippen LogP contribution in [-0.2, 0) is 11.6 Å². The summed E-state index contributed by atoms with van der Waals surface area (Å²) in [5.41, 5.74) is 0.947. The number of aromatic amines is 3. The molecule has 10 nitrogen and oxygen atoms in total. The first-order valence-corrected chi connectivity index (χ1v) is 16.4. The number of benzene rings is 4. The molecule has 2 amide bonds. The zero-order valence-corrected chi connectivity index (χ0v) is 29.0. The molecule has 0 radical (unpaired) electrons. The third kappa shape index (κ3) is 7.40. The molecule has 3 heterocycles. The summed E-state index contributed by atoms with van der Waals surface area (Å²) in [6, 6.07) is 20.7. The van der Waals surface area contributed by atoms with E-state index < -0.39 is 34.7 Å². The van der Waals surface area contributed by atoms with E-state index in [1.54, 1.807) is 55.5 Å².